The molecule has 2 aromatic carbocycles. The smallest absolute Gasteiger partial charge is 0.136 e. The quantitative estimate of drug-likeness (QED) is 0.907. The summed E-state index contributed by atoms with van der Waals surface area (Å²) in [5, 5.41) is 12.6. The molecule has 0 fully saturated rings. The molecule has 0 heterocycles. The number of rotatable bonds is 5. The van der Waals surface area contributed by atoms with E-state index >= 15 is 0 Å². The van der Waals surface area contributed by atoms with E-state index in [2.05, 4.69) is 49.5 Å². The van der Waals surface area contributed by atoms with Gasteiger partial charge in [-0.3, -0.25) is 0 Å². The molecular weight excluding hydrogens is 260 g/mol. The maximum absolute atomic E-state index is 9.10. The first-order chi connectivity index (χ1) is 10.1. The zero-order chi connectivity index (χ0) is 15.2. The first-order valence-corrected chi connectivity index (χ1v) is 7.01. The van der Waals surface area contributed by atoms with Gasteiger partial charge in [0, 0.05) is 12.6 Å². The van der Waals surface area contributed by atoms with Crippen molar-refractivity contribution in [2.75, 3.05) is 7.11 Å². The van der Waals surface area contributed by atoms with E-state index in [1.165, 1.54) is 11.1 Å². The van der Waals surface area contributed by atoms with Crippen molar-refractivity contribution in [1.29, 1.82) is 5.26 Å². The topological polar surface area (TPSA) is 45.0 Å². The van der Waals surface area contributed by atoms with E-state index < -0.39 is 0 Å². The molecule has 3 nitrogen and oxygen atoms in total. The van der Waals surface area contributed by atoms with E-state index in [1.54, 1.807) is 7.11 Å². The monoisotopic (exact) mass is 280 g/mol. The highest BCUT2D eigenvalue weighted by molar-refractivity contribution is 5.45. The average molecular weight is 280 g/mol. The van der Waals surface area contributed by atoms with E-state index in [0.29, 0.717) is 17.9 Å². The number of nitrogens with one attached hydrogen (secondary N) is 1. The summed E-state index contributed by atoms with van der Waals surface area (Å²) in [5.74, 6) is 0.618. The van der Waals surface area contributed by atoms with Gasteiger partial charge in [0.2, 0.25) is 0 Å². The van der Waals surface area contributed by atoms with E-state index in [0.717, 1.165) is 5.56 Å². The molecular formula is C18H20N2O. The highest BCUT2D eigenvalue weighted by atomic mass is 16.5. The van der Waals surface area contributed by atoms with Gasteiger partial charge in [-0.15, -0.1) is 0 Å². The second-order valence-corrected chi connectivity index (χ2v) is 5.16. The van der Waals surface area contributed by atoms with Gasteiger partial charge in [0.15, 0.2) is 0 Å². The molecule has 0 aliphatic carbocycles. The summed E-state index contributed by atoms with van der Waals surface area (Å²) in [6.07, 6.45) is 0. The van der Waals surface area contributed by atoms with E-state index in [1.807, 2.05) is 18.2 Å². The van der Waals surface area contributed by atoms with Gasteiger partial charge < -0.3 is 10.1 Å². The number of benzene rings is 2. The van der Waals surface area contributed by atoms with Crippen LogP contribution in [0.15, 0.2) is 42.5 Å². The SMILES string of the molecule is COc1ccc(CN[C@@H](C)c2ccc(C)cc2)cc1C#N. The Balaban J connectivity index is 2.03. The van der Waals surface area contributed by atoms with Gasteiger partial charge in [0.1, 0.15) is 11.8 Å². The van der Waals surface area contributed by atoms with Crippen LogP contribution in [0.2, 0.25) is 0 Å². The maximum Gasteiger partial charge on any atom is 0.136 e. The average Bonchev–Trinajstić information content (AvgIpc) is 2.52. The van der Waals surface area contributed by atoms with Gasteiger partial charge in [0.25, 0.3) is 0 Å². The van der Waals surface area contributed by atoms with Crippen LogP contribution in [0.25, 0.3) is 0 Å². The molecule has 0 aliphatic heterocycles. The molecule has 0 radical (unpaired) electrons. The number of aryl methyl sites for hydroxylation is 1. The van der Waals surface area contributed by atoms with E-state index in [-0.39, 0.29) is 6.04 Å². The van der Waals surface area contributed by atoms with Crippen molar-refractivity contribution in [2.24, 2.45) is 0 Å². The van der Waals surface area contributed by atoms with Crippen molar-refractivity contribution in [3.05, 3.63) is 64.7 Å². The second-order valence-electron chi connectivity index (χ2n) is 5.16. The number of hydrogen-bond donors (Lipinski definition) is 1. The minimum atomic E-state index is 0.262. The predicted molar refractivity (Wildman–Crippen MR) is 84.1 cm³/mol. The largest absolute Gasteiger partial charge is 0.495 e. The molecule has 1 atom stereocenters. The molecule has 108 valence electrons. The molecule has 1 N–H and O–H groups in total. The minimum absolute atomic E-state index is 0.262. The molecule has 0 unspecified atom stereocenters. The lowest BCUT2D eigenvalue weighted by Gasteiger charge is -2.15. The van der Waals surface area contributed by atoms with Gasteiger partial charge >= 0.3 is 0 Å². The summed E-state index contributed by atoms with van der Waals surface area (Å²) in [5.41, 5.74) is 4.17. The van der Waals surface area contributed by atoms with Crippen LogP contribution >= 0.6 is 0 Å². The first kappa shape index (κ1) is 15.1. The van der Waals surface area contributed by atoms with E-state index in [4.69, 9.17) is 10.00 Å². The maximum atomic E-state index is 9.10. The Morgan fingerprint density at radius 3 is 2.52 bits per heavy atom. The third kappa shape index (κ3) is 3.84. The van der Waals surface area contributed by atoms with Crippen LogP contribution in [-0.4, -0.2) is 7.11 Å². The highest BCUT2D eigenvalue weighted by Gasteiger charge is 2.07. The van der Waals surface area contributed by atoms with Crippen molar-refractivity contribution in [1.82, 2.24) is 5.32 Å². The van der Waals surface area contributed by atoms with Crippen molar-refractivity contribution >= 4 is 0 Å². The number of ether oxygens (including phenoxy) is 1. The summed E-state index contributed by atoms with van der Waals surface area (Å²) < 4.78 is 5.15. The van der Waals surface area contributed by atoms with Crippen LogP contribution in [0.1, 0.15) is 35.2 Å². The lowest BCUT2D eigenvalue weighted by Crippen LogP contribution is -2.18. The standard InChI is InChI=1S/C18H20N2O/c1-13-4-7-16(8-5-13)14(2)20-12-15-6-9-18(21-3)17(10-15)11-19/h4-10,14,20H,12H2,1-3H3/t14-/m0/s1. The molecule has 21 heavy (non-hydrogen) atoms. The summed E-state index contributed by atoms with van der Waals surface area (Å²) in [4.78, 5) is 0. The van der Waals surface area contributed by atoms with Gasteiger partial charge in [-0.2, -0.15) is 5.26 Å². The van der Waals surface area contributed by atoms with Crippen molar-refractivity contribution in [3.63, 3.8) is 0 Å². The van der Waals surface area contributed by atoms with Gasteiger partial charge in [-0.05, 0) is 37.1 Å². The molecule has 2 aromatic rings. The number of nitrogens with zero attached hydrogens (tertiary/aromatic N) is 1. The third-order valence-corrected chi connectivity index (χ3v) is 3.57. The van der Waals surface area contributed by atoms with Crippen LogP contribution in [-0.2, 0) is 6.54 Å². The molecule has 0 bridgehead atoms. The third-order valence-electron chi connectivity index (χ3n) is 3.57. The van der Waals surface area contributed by atoms with Crippen LogP contribution in [0.4, 0.5) is 0 Å². The Hall–Kier alpha value is -2.31. The molecule has 3 heteroatoms. The Bertz CT molecular complexity index is 641. The summed E-state index contributed by atoms with van der Waals surface area (Å²) in [6.45, 7) is 4.94. The van der Waals surface area contributed by atoms with Crippen LogP contribution in [0.3, 0.4) is 0 Å². The highest BCUT2D eigenvalue weighted by Crippen LogP contribution is 2.19. The summed E-state index contributed by atoms with van der Waals surface area (Å²) in [7, 11) is 1.58. The van der Waals surface area contributed by atoms with Gasteiger partial charge in [0.05, 0.1) is 12.7 Å². The lowest BCUT2D eigenvalue weighted by molar-refractivity contribution is 0.413. The minimum Gasteiger partial charge on any atom is -0.495 e. The Morgan fingerprint density at radius 2 is 1.90 bits per heavy atom. The van der Waals surface area contributed by atoms with Crippen LogP contribution < -0.4 is 10.1 Å². The molecule has 0 amide bonds. The summed E-state index contributed by atoms with van der Waals surface area (Å²) >= 11 is 0. The Kier molecular flexibility index (Phi) is 4.97. The molecule has 0 spiro atoms. The zero-order valence-corrected chi connectivity index (χ0v) is 12.7. The number of methoxy groups -OCH3 is 1. The molecule has 2 rings (SSSR count). The van der Waals surface area contributed by atoms with Gasteiger partial charge in [-0.25, -0.2) is 0 Å². The van der Waals surface area contributed by atoms with Crippen LogP contribution in [0.5, 0.6) is 5.75 Å². The lowest BCUT2D eigenvalue weighted by atomic mass is 10.1. The van der Waals surface area contributed by atoms with Crippen molar-refractivity contribution in [3.8, 4) is 11.8 Å². The fourth-order valence-corrected chi connectivity index (χ4v) is 2.20. The van der Waals surface area contributed by atoms with Gasteiger partial charge in [-0.1, -0.05) is 35.9 Å². The molecule has 0 saturated carbocycles. The second kappa shape index (κ2) is 6.92. The molecule has 0 aliphatic rings. The predicted octanol–water partition coefficient (Wildman–Crippen LogP) is 3.73. The molecule has 0 aromatic heterocycles. The number of nitriles is 1. The van der Waals surface area contributed by atoms with E-state index in [9.17, 15) is 0 Å². The zero-order valence-electron chi connectivity index (χ0n) is 12.7. The normalized spacial score (nSPS) is 11.7. The van der Waals surface area contributed by atoms with Crippen LogP contribution in [0, 0.1) is 18.3 Å². The Labute approximate surface area is 126 Å². The number of hydrogen-bond acceptors (Lipinski definition) is 3. The molecule has 0 saturated heterocycles. The Morgan fingerprint density at radius 1 is 1.19 bits per heavy atom. The summed E-state index contributed by atoms with van der Waals surface area (Å²) in [6, 6.07) is 16.6. The van der Waals surface area contributed by atoms with Crippen molar-refractivity contribution in [2.45, 2.75) is 26.4 Å². The first-order valence-electron chi connectivity index (χ1n) is 7.01. The van der Waals surface area contributed by atoms with Crippen molar-refractivity contribution < 1.29 is 4.74 Å². The fraction of sp³-hybridized carbons (Fsp3) is 0.278. The fourth-order valence-electron chi connectivity index (χ4n) is 2.20.